The molecule has 1 rings (SSSR count). The maximum atomic E-state index is 13.9. The molecule has 0 bridgehead atoms. The van der Waals surface area contributed by atoms with Gasteiger partial charge in [0.1, 0.15) is 42.3 Å². The van der Waals surface area contributed by atoms with E-state index < -0.39 is 126 Å². The Bertz CT molecular complexity index is 1470. The Kier molecular flexibility index (Phi) is 23.6. The van der Waals surface area contributed by atoms with E-state index in [1.54, 1.807) is 34.0 Å². The van der Waals surface area contributed by atoms with Crippen molar-refractivity contribution in [2.24, 2.45) is 29.0 Å². The van der Waals surface area contributed by atoms with Gasteiger partial charge in [0, 0.05) is 6.54 Å². The van der Waals surface area contributed by atoms with Gasteiger partial charge in [0.15, 0.2) is 0 Å². The maximum Gasteiger partial charge on any atom is 0.326 e. The highest BCUT2D eigenvalue weighted by Gasteiger charge is 2.40. The number of carbonyl (C=O) groups is 9. The highest BCUT2D eigenvalue weighted by molar-refractivity contribution is 7.98. The van der Waals surface area contributed by atoms with Crippen molar-refractivity contribution >= 4 is 65.0 Å². The number of nitrogens with two attached hydrogens (primary N) is 3. The Morgan fingerprint density at radius 1 is 0.763 bits per heavy atom. The highest BCUT2D eigenvalue weighted by atomic mass is 32.2. The van der Waals surface area contributed by atoms with E-state index in [4.69, 9.17) is 17.2 Å². The molecule has 21 nitrogen and oxygen atoms in total. The Hall–Kier alpha value is -4.54. The molecule has 0 spiro atoms. The largest absolute Gasteiger partial charge is 0.480 e. The van der Waals surface area contributed by atoms with Crippen molar-refractivity contribution in [3.05, 3.63) is 0 Å². The van der Waals surface area contributed by atoms with Crippen LogP contribution < -0.4 is 49.1 Å². The summed E-state index contributed by atoms with van der Waals surface area (Å²) >= 11 is 1.39. The van der Waals surface area contributed by atoms with Crippen LogP contribution in [0.25, 0.3) is 0 Å². The summed E-state index contributed by atoms with van der Waals surface area (Å²) in [4.78, 5) is 118. The molecule has 0 aromatic rings. The molecular formula is C37H66N10O11S. The summed E-state index contributed by atoms with van der Waals surface area (Å²) in [6.07, 6.45) is 3.55. The third-order valence-corrected chi connectivity index (χ3v) is 10.6. The molecule has 1 saturated heterocycles. The third-order valence-electron chi connectivity index (χ3n) is 9.93. The number of amides is 8. The van der Waals surface area contributed by atoms with Gasteiger partial charge in [0.2, 0.25) is 47.3 Å². The summed E-state index contributed by atoms with van der Waals surface area (Å²) in [5, 5.41) is 35.0. The Labute approximate surface area is 349 Å². The number of aliphatic hydroxyl groups excluding tert-OH is 1. The van der Waals surface area contributed by atoms with E-state index in [0.717, 1.165) is 0 Å². The second-order valence-electron chi connectivity index (χ2n) is 15.1. The normalized spacial score (nSPS) is 17.9. The van der Waals surface area contributed by atoms with Crippen LogP contribution in [0.15, 0.2) is 0 Å². The van der Waals surface area contributed by atoms with Crippen molar-refractivity contribution in [2.45, 2.75) is 134 Å². The fourth-order valence-corrected chi connectivity index (χ4v) is 6.67. The zero-order valence-corrected chi connectivity index (χ0v) is 35.7. The highest BCUT2D eigenvalue weighted by Crippen LogP contribution is 2.20. The first-order valence-corrected chi connectivity index (χ1v) is 21.3. The monoisotopic (exact) mass is 858 g/mol. The van der Waals surface area contributed by atoms with Crippen molar-refractivity contribution < 1.29 is 53.4 Å². The van der Waals surface area contributed by atoms with E-state index in [-0.39, 0.29) is 25.8 Å². The Morgan fingerprint density at radius 3 is 1.83 bits per heavy atom. The summed E-state index contributed by atoms with van der Waals surface area (Å²) in [5.41, 5.74) is 16.4. The topological polar surface area (TPSA) is 348 Å². The van der Waals surface area contributed by atoms with Gasteiger partial charge in [-0.25, -0.2) is 4.79 Å². The van der Waals surface area contributed by atoms with Gasteiger partial charge in [0.05, 0.1) is 19.1 Å². The van der Waals surface area contributed by atoms with E-state index in [1.807, 2.05) is 0 Å². The lowest BCUT2D eigenvalue weighted by Gasteiger charge is -2.31. The molecule has 0 aromatic heterocycles. The second-order valence-corrected chi connectivity index (χ2v) is 16.1. The number of nitrogens with zero attached hydrogens (tertiary/aromatic N) is 1. The van der Waals surface area contributed by atoms with Crippen molar-refractivity contribution in [1.29, 1.82) is 0 Å². The maximum absolute atomic E-state index is 13.9. The van der Waals surface area contributed by atoms with Crippen LogP contribution >= 0.6 is 11.8 Å². The van der Waals surface area contributed by atoms with Crippen LogP contribution in [0.2, 0.25) is 0 Å². The molecule has 0 aromatic carbocycles. The first kappa shape index (κ1) is 52.5. The molecule has 1 aliphatic heterocycles. The lowest BCUT2D eigenvalue weighted by atomic mass is 9.97. The minimum Gasteiger partial charge on any atom is -0.480 e. The van der Waals surface area contributed by atoms with Crippen LogP contribution in [0.4, 0.5) is 0 Å². The van der Waals surface area contributed by atoms with Crippen LogP contribution in [-0.4, -0.2) is 148 Å². The van der Waals surface area contributed by atoms with Crippen molar-refractivity contribution in [3.8, 4) is 0 Å². The van der Waals surface area contributed by atoms with Gasteiger partial charge in [-0.3, -0.25) is 38.4 Å². The fraction of sp³-hybridized carbons (Fsp3) is 0.757. The number of likely N-dealkylation sites (tertiary alicyclic amines) is 1. The molecule has 0 radical (unpaired) electrons. The number of carboxylic acids is 1. The quantitative estimate of drug-likeness (QED) is 0.0362. The smallest absolute Gasteiger partial charge is 0.326 e. The summed E-state index contributed by atoms with van der Waals surface area (Å²) in [7, 11) is 0. The number of hydrogen-bond donors (Lipinski definition) is 11. The zero-order chi connectivity index (χ0) is 45.0. The number of thioether (sulfide) groups is 1. The van der Waals surface area contributed by atoms with Gasteiger partial charge >= 0.3 is 5.97 Å². The minimum absolute atomic E-state index is 0.0892. The molecule has 0 saturated carbocycles. The van der Waals surface area contributed by atoms with Crippen LogP contribution in [0.1, 0.15) is 86.0 Å². The van der Waals surface area contributed by atoms with Crippen LogP contribution in [0, 0.1) is 11.8 Å². The third kappa shape index (κ3) is 17.3. The number of nitrogens with one attached hydrogen (secondary N) is 6. The molecular weight excluding hydrogens is 793 g/mol. The van der Waals surface area contributed by atoms with Crippen molar-refractivity contribution in [1.82, 2.24) is 36.8 Å². The van der Waals surface area contributed by atoms with E-state index >= 15 is 0 Å². The number of aliphatic hydroxyl groups is 1. The van der Waals surface area contributed by atoms with E-state index in [0.29, 0.717) is 38.0 Å². The molecule has 1 heterocycles. The van der Waals surface area contributed by atoms with Crippen molar-refractivity contribution in [3.63, 3.8) is 0 Å². The summed E-state index contributed by atoms with van der Waals surface area (Å²) in [5.74, 6) is -8.15. The molecule has 1 fully saturated rings. The molecule has 0 unspecified atom stereocenters. The second kappa shape index (κ2) is 26.5. The molecule has 59 heavy (non-hydrogen) atoms. The standard InChI is InChI=1S/C37H66N10O11S/c1-7-20(4)29(46-31(51)22(11-8-9-14-38)41-30(50)21(5)39)35(55)44-25(18-48)36(56)47-15-10-12-26(47)33(53)42-23(13-16-59-6)32(52)45-28(19(2)3)34(54)43-24(37(57)58)17-27(40)49/h19-26,28-29,48H,7-18,38-39H2,1-6H3,(H2,40,49)(H,41,50)(H,42,53)(H,43,54)(H,44,55)(H,45,52)(H,46,51)(H,57,58)/t20-,21-,22-,23-,24-,25-,26-,28-,29-/m0/s1. The van der Waals surface area contributed by atoms with Gasteiger partial charge in [-0.2, -0.15) is 11.8 Å². The number of rotatable bonds is 27. The number of carboxylic acid groups (broad SMARTS) is 1. The van der Waals surface area contributed by atoms with Gasteiger partial charge < -0.3 is 64.2 Å². The van der Waals surface area contributed by atoms with Crippen LogP contribution in [-0.2, 0) is 43.2 Å². The predicted molar refractivity (Wildman–Crippen MR) is 219 cm³/mol. The number of aliphatic carboxylic acids is 1. The Balaban J connectivity index is 3.21. The van der Waals surface area contributed by atoms with Gasteiger partial charge in [-0.1, -0.05) is 34.1 Å². The van der Waals surface area contributed by atoms with Gasteiger partial charge in [0.25, 0.3) is 0 Å². The number of unbranched alkanes of at least 4 members (excludes halogenated alkanes) is 1. The van der Waals surface area contributed by atoms with Gasteiger partial charge in [-0.15, -0.1) is 0 Å². The molecule has 1 aliphatic rings. The van der Waals surface area contributed by atoms with Gasteiger partial charge in [-0.05, 0) is 75.8 Å². The summed E-state index contributed by atoms with van der Waals surface area (Å²) in [6, 6.07) is -9.79. The fourth-order valence-electron chi connectivity index (χ4n) is 6.19. The molecule has 0 aliphatic carbocycles. The summed E-state index contributed by atoms with van der Waals surface area (Å²) in [6.45, 7) is 7.79. The predicted octanol–water partition coefficient (Wildman–Crippen LogP) is -3.23. The average Bonchev–Trinajstić information content (AvgIpc) is 3.68. The SMILES string of the molecule is CC[C@H](C)[C@H](NC(=O)[C@H](CCCCN)NC(=O)[C@H](C)N)C(=O)N[C@@H](CO)C(=O)N1CCC[C@H]1C(=O)N[C@@H](CCSC)C(=O)N[C@H](C(=O)N[C@@H](CC(N)=O)C(=O)O)C(C)C. The average molecular weight is 859 g/mol. The molecule has 14 N–H and O–H groups in total. The first-order valence-electron chi connectivity index (χ1n) is 19.9. The number of primary amides is 1. The minimum atomic E-state index is -1.63. The molecule has 9 atom stereocenters. The van der Waals surface area contributed by atoms with E-state index in [1.165, 1.54) is 23.6 Å². The summed E-state index contributed by atoms with van der Waals surface area (Å²) < 4.78 is 0. The first-order chi connectivity index (χ1) is 27.7. The molecule has 336 valence electrons. The number of hydrogen-bond acceptors (Lipinski definition) is 13. The lowest BCUT2D eigenvalue weighted by Crippen LogP contribution is -2.61. The zero-order valence-electron chi connectivity index (χ0n) is 34.9. The van der Waals surface area contributed by atoms with E-state index in [9.17, 15) is 53.4 Å². The molecule has 8 amide bonds. The van der Waals surface area contributed by atoms with Crippen molar-refractivity contribution in [2.75, 3.05) is 31.7 Å². The Morgan fingerprint density at radius 2 is 1.32 bits per heavy atom. The van der Waals surface area contributed by atoms with Crippen LogP contribution in [0.3, 0.4) is 0 Å². The van der Waals surface area contributed by atoms with E-state index in [2.05, 4.69) is 31.9 Å². The number of carbonyl (C=O) groups excluding carboxylic acids is 8. The lowest BCUT2D eigenvalue weighted by molar-refractivity contribution is -0.144. The van der Waals surface area contributed by atoms with Crippen LogP contribution in [0.5, 0.6) is 0 Å². The molecule has 22 heteroatoms.